The quantitative estimate of drug-likeness (QED) is 0.376. The SMILES string of the molecule is CC(Oc1nn2c(-c3cc(F)c(F)c(F)c3)c(-c3ccccc3)nc2c(=O)[nH]1)C(F)F. The zero-order chi connectivity index (χ0) is 22.3. The molecule has 2 heterocycles. The lowest BCUT2D eigenvalue weighted by Crippen LogP contribution is -2.25. The minimum Gasteiger partial charge on any atom is -0.455 e. The molecule has 0 saturated heterocycles. The van der Waals surface area contributed by atoms with E-state index >= 15 is 0 Å². The van der Waals surface area contributed by atoms with Crippen LogP contribution < -0.4 is 10.3 Å². The Morgan fingerprint density at radius 3 is 2.29 bits per heavy atom. The Labute approximate surface area is 170 Å². The highest BCUT2D eigenvalue weighted by Gasteiger charge is 2.24. The van der Waals surface area contributed by atoms with Crippen molar-refractivity contribution in [3.05, 3.63) is 70.3 Å². The molecule has 2 aromatic heterocycles. The Morgan fingerprint density at radius 1 is 1.03 bits per heavy atom. The van der Waals surface area contributed by atoms with E-state index in [2.05, 4.69) is 15.1 Å². The number of nitrogens with zero attached hydrogens (tertiary/aromatic N) is 3. The van der Waals surface area contributed by atoms with E-state index in [1.807, 2.05) is 0 Å². The van der Waals surface area contributed by atoms with Gasteiger partial charge in [-0.2, -0.15) is 0 Å². The predicted octanol–water partition coefficient (Wildman–Crippen LogP) is 4.20. The van der Waals surface area contributed by atoms with Crippen LogP contribution in [0, 0.1) is 17.5 Å². The van der Waals surface area contributed by atoms with Crippen molar-refractivity contribution >= 4 is 5.65 Å². The van der Waals surface area contributed by atoms with Gasteiger partial charge in [0.25, 0.3) is 12.0 Å². The average Bonchev–Trinajstić information content (AvgIpc) is 3.12. The lowest BCUT2D eigenvalue weighted by Gasteiger charge is -2.12. The topological polar surface area (TPSA) is 72.3 Å². The number of hydrogen-bond donors (Lipinski definition) is 1. The van der Waals surface area contributed by atoms with Crippen LogP contribution in [0.15, 0.2) is 47.3 Å². The fourth-order valence-electron chi connectivity index (χ4n) is 2.95. The van der Waals surface area contributed by atoms with Gasteiger partial charge >= 0.3 is 6.01 Å². The molecule has 0 aliphatic carbocycles. The van der Waals surface area contributed by atoms with Crippen LogP contribution in [0.3, 0.4) is 0 Å². The lowest BCUT2D eigenvalue weighted by molar-refractivity contribution is 0.0166. The molecular weight excluding hydrogens is 423 g/mol. The van der Waals surface area contributed by atoms with Gasteiger partial charge in [0.1, 0.15) is 5.69 Å². The summed E-state index contributed by atoms with van der Waals surface area (Å²) in [5, 5.41) is 3.97. The van der Waals surface area contributed by atoms with E-state index in [9.17, 15) is 26.7 Å². The largest absolute Gasteiger partial charge is 0.455 e. The van der Waals surface area contributed by atoms with Crippen molar-refractivity contribution in [3.8, 4) is 28.5 Å². The summed E-state index contributed by atoms with van der Waals surface area (Å²) in [6, 6.07) is 9.22. The molecule has 0 saturated carbocycles. The van der Waals surface area contributed by atoms with Gasteiger partial charge in [0.2, 0.25) is 5.65 Å². The first-order valence-corrected chi connectivity index (χ1v) is 8.94. The molecule has 160 valence electrons. The van der Waals surface area contributed by atoms with Crippen molar-refractivity contribution in [1.29, 1.82) is 0 Å². The molecule has 0 aliphatic heterocycles. The average molecular weight is 436 g/mol. The van der Waals surface area contributed by atoms with Crippen molar-refractivity contribution in [2.24, 2.45) is 0 Å². The van der Waals surface area contributed by atoms with E-state index in [4.69, 9.17) is 4.74 Å². The number of ether oxygens (including phenoxy) is 1. The van der Waals surface area contributed by atoms with E-state index < -0.39 is 41.6 Å². The van der Waals surface area contributed by atoms with Crippen molar-refractivity contribution in [2.45, 2.75) is 19.5 Å². The van der Waals surface area contributed by atoms with Crippen LogP contribution in [-0.2, 0) is 0 Å². The highest BCUT2D eigenvalue weighted by molar-refractivity contribution is 5.81. The molecule has 1 N–H and O–H groups in total. The maximum absolute atomic E-state index is 13.9. The molecule has 31 heavy (non-hydrogen) atoms. The highest BCUT2D eigenvalue weighted by Crippen LogP contribution is 2.33. The number of nitrogens with one attached hydrogen (secondary N) is 1. The number of H-pyrrole nitrogens is 1. The molecule has 0 bridgehead atoms. The molecule has 1 unspecified atom stereocenters. The van der Waals surface area contributed by atoms with Crippen LogP contribution in [0.2, 0.25) is 0 Å². The standard InChI is InChI=1S/C20H13F5N4O2/c1-9(17(24)25)31-20-27-19(30)18-26-15(10-5-3-2-4-6-10)16(29(18)28-20)11-7-12(21)14(23)13(22)8-11/h2-9,17H,1H3,(H,27,28,30). The summed E-state index contributed by atoms with van der Waals surface area (Å²) in [6.45, 7) is 1.07. The van der Waals surface area contributed by atoms with Gasteiger partial charge in [-0.3, -0.25) is 9.78 Å². The van der Waals surface area contributed by atoms with Gasteiger partial charge in [0.15, 0.2) is 23.6 Å². The number of alkyl halides is 2. The summed E-state index contributed by atoms with van der Waals surface area (Å²) in [5.74, 6) is -4.59. The monoisotopic (exact) mass is 436 g/mol. The molecule has 0 radical (unpaired) electrons. The number of benzene rings is 2. The number of rotatable bonds is 5. The molecule has 6 nitrogen and oxygen atoms in total. The van der Waals surface area contributed by atoms with Gasteiger partial charge in [-0.05, 0) is 19.1 Å². The zero-order valence-electron chi connectivity index (χ0n) is 15.7. The third kappa shape index (κ3) is 3.74. The molecule has 0 aliphatic rings. The Kier molecular flexibility index (Phi) is 5.17. The molecule has 0 amide bonds. The third-order valence-electron chi connectivity index (χ3n) is 4.43. The number of fused-ring (bicyclic) bond motifs is 1. The maximum atomic E-state index is 13.9. The van der Waals surface area contributed by atoms with Gasteiger partial charge in [-0.15, -0.1) is 5.10 Å². The molecule has 4 rings (SSSR count). The second-order valence-corrected chi connectivity index (χ2v) is 6.58. The van der Waals surface area contributed by atoms with Crippen molar-refractivity contribution in [3.63, 3.8) is 0 Å². The normalized spacial score (nSPS) is 12.5. The van der Waals surface area contributed by atoms with Crippen LogP contribution in [0.1, 0.15) is 6.92 Å². The summed E-state index contributed by atoms with van der Waals surface area (Å²) >= 11 is 0. The number of aromatic nitrogens is 4. The highest BCUT2D eigenvalue weighted by atomic mass is 19.3. The van der Waals surface area contributed by atoms with Crippen molar-refractivity contribution in [1.82, 2.24) is 19.6 Å². The van der Waals surface area contributed by atoms with E-state index in [1.165, 1.54) is 0 Å². The summed E-state index contributed by atoms with van der Waals surface area (Å²) < 4.78 is 73.0. The maximum Gasteiger partial charge on any atom is 0.314 e. The minimum absolute atomic E-state index is 0.0559. The second kappa shape index (κ2) is 7.82. The molecule has 1 atom stereocenters. The van der Waals surface area contributed by atoms with Crippen LogP contribution in [-0.4, -0.2) is 32.1 Å². The predicted molar refractivity (Wildman–Crippen MR) is 100 cm³/mol. The lowest BCUT2D eigenvalue weighted by atomic mass is 10.0. The Morgan fingerprint density at radius 2 is 1.68 bits per heavy atom. The first-order chi connectivity index (χ1) is 14.8. The fraction of sp³-hybridized carbons (Fsp3) is 0.150. The number of hydrogen-bond acceptors (Lipinski definition) is 4. The van der Waals surface area contributed by atoms with Crippen LogP contribution >= 0.6 is 0 Å². The fourth-order valence-corrected chi connectivity index (χ4v) is 2.95. The molecule has 4 aromatic rings. The number of aromatic amines is 1. The van der Waals surface area contributed by atoms with E-state index in [-0.39, 0.29) is 22.6 Å². The summed E-state index contributed by atoms with van der Waals surface area (Å²) in [4.78, 5) is 18.9. The van der Waals surface area contributed by atoms with E-state index in [0.717, 1.165) is 23.6 Å². The number of imidazole rings is 1. The zero-order valence-corrected chi connectivity index (χ0v) is 15.7. The van der Waals surface area contributed by atoms with Crippen LogP contribution in [0.5, 0.6) is 6.01 Å². The van der Waals surface area contributed by atoms with Gasteiger partial charge < -0.3 is 4.74 Å². The molecule has 11 heteroatoms. The van der Waals surface area contributed by atoms with E-state index in [0.29, 0.717) is 5.56 Å². The van der Waals surface area contributed by atoms with Crippen LogP contribution in [0.25, 0.3) is 28.2 Å². The van der Waals surface area contributed by atoms with E-state index in [1.54, 1.807) is 30.3 Å². The summed E-state index contributed by atoms with van der Waals surface area (Å²) in [6.07, 6.45) is -4.45. The Hall–Kier alpha value is -3.76. The third-order valence-corrected chi connectivity index (χ3v) is 4.43. The van der Waals surface area contributed by atoms with Crippen molar-refractivity contribution < 1.29 is 26.7 Å². The Balaban J connectivity index is 2.02. The molecule has 0 spiro atoms. The summed E-state index contributed by atoms with van der Waals surface area (Å²) in [7, 11) is 0. The first kappa shape index (κ1) is 20.5. The second-order valence-electron chi connectivity index (χ2n) is 6.58. The van der Waals surface area contributed by atoms with Gasteiger partial charge in [0.05, 0.1) is 5.69 Å². The van der Waals surface area contributed by atoms with Crippen molar-refractivity contribution in [2.75, 3.05) is 0 Å². The smallest absolute Gasteiger partial charge is 0.314 e. The molecular formula is C20H13F5N4O2. The van der Waals surface area contributed by atoms with Gasteiger partial charge in [-0.25, -0.2) is 31.5 Å². The minimum atomic E-state index is -2.86. The van der Waals surface area contributed by atoms with Gasteiger partial charge in [-0.1, -0.05) is 30.3 Å². The first-order valence-electron chi connectivity index (χ1n) is 8.94. The number of halogens is 5. The summed E-state index contributed by atoms with van der Waals surface area (Å²) in [5.41, 5.74) is -0.763. The Bertz CT molecular complexity index is 1300. The van der Waals surface area contributed by atoms with Gasteiger partial charge in [0, 0.05) is 11.1 Å². The molecule has 2 aromatic carbocycles. The van der Waals surface area contributed by atoms with Crippen LogP contribution in [0.4, 0.5) is 22.0 Å². The molecule has 0 fully saturated rings.